The number of phenols is 1. The molecule has 0 saturated heterocycles. The number of hydrogen-bond donors (Lipinski definition) is 3. The summed E-state index contributed by atoms with van der Waals surface area (Å²) in [6.07, 6.45) is 0. The van der Waals surface area contributed by atoms with Gasteiger partial charge < -0.3 is 10.8 Å². The van der Waals surface area contributed by atoms with Crippen LogP contribution in [0.1, 0.15) is 16.7 Å². The zero-order valence-corrected chi connectivity index (χ0v) is 11.5. The van der Waals surface area contributed by atoms with Gasteiger partial charge in [0.15, 0.2) is 0 Å². The third kappa shape index (κ3) is 2.50. The van der Waals surface area contributed by atoms with Gasteiger partial charge >= 0.3 is 0 Å². The molecule has 0 aliphatic rings. The molecule has 2 rings (SSSR count). The number of aromatic hydroxyl groups is 1. The lowest BCUT2D eigenvalue weighted by molar-refractivity contribution is 0.476. The molecule has 2 aromatic carbocycles. The number of phenolic OH excluding ortho intramolecular Hbond substituents is 1. The first-order valence-electron chi connectivity index (χ1n) is 5.66. The van der Waals surface area contributed by atoms with Crippen molar-refractivity contribution >= 4 is 26.6 Å². The molecule has 5 nitrogen and oxygen atoms in total. The Hall–Kier alpha value is -1.79. The van der Waals surface area contributed by atoms with Gasteiger partial charge in [-0.3, -0.25) is 4.55 Å². The van der Waals surface area contributed by atoms with E-state index in [2.05, 4.69) is 0 Å². The molecule has 0 bridgehead atoms. The van der Waals surface area contributed by atoms with Crippen LogP contribution in [0.5, 0.6) is 5.75 Å². The highest BCUT2D eigenvalue weighted by atomic mass is 32.2. The zero-order chi connectivity index (χ0) is 14.4. The van der Waals surface area contributed by atoms with E-state index in [1.165, 1.54) is 0 Å². The van der Waals surface area contributed by atoms with E-state index in [4.69, 9.17) is 10.3 Å². The Bertz CT molecular complexity index is 766. The van der Waals surface area contributed by atoms with Crippen molar-refractivity contribution in [3.05, 3.63) is 34.9 Å². The molecule has 19 heavy (non-hydrogen) atoms. The zero-order valence-electron chi connectivity index (χ0n) is 10.6. The molecule has 0 amide bonds. The standard InChI is InChI=1S/C13H15NO4S/c1-7-3-4-10(14)12-11(7)9(6-19(16,17)18)5-8(2)13(12)15/h3-5,15H,6,14H2,1-2H3,(H,16,17,18). The second kappa shape index (κ2) is 4.40. The number of fused-ring (bicyclic) bond motifs is 1. The lowest BCUT2D eigenvalue weighted by Crippen LogP contribution is -2.04. The Morgan fingerprint density at radius 2 is 1.79 bits per heavy atom. The fraction of sp³-hybridized carbons (Fsp3) is 0.231. The fourth-order valence-electron chi connectivity index (χ4n) is 2.30. The van der Waals surface area contributed by atoms with E-state index in [-0.39, 0.29) is 5.75 Å². The highest BCUT2D eigenvalue weighted by Gasteiger charge is 2.17. The van der Waals surface area contributed by atoms with Crippen molar-refractivity contribution in [2.45, 2.75) is 19.6 Å². The van der Waals surface area contributed by atoms with E-state index in [0.717, 1.165) is 5.56 Å². The average molecular weight is 281 g/mol. The lowest BCUT2D eigenvalue weighted by Gasteiger charge is -2.14. The van der Waals surface area contributed by atoms with Crippen molar-refractivity contribution in [3.8, 4) is 5.75 Å². The van der Waals surface area contributed by atoms with E-state index in [1.807, 2.05) is 0 Å². The van der Waals surface area contributed by atoms with Crippen molar-refractivity contribution in [1.29, 1.82) is 0 Å². The summed E-state index contributed by atoms with van der Waals surface area (Å²) in [5.74, 6) is -0.468. The minimum Gasteiger partial charge on any atom is -0.507 e. The van der Waals surface area contributed by atoms with Crippen LogP contribution in [-0.2, 0) is 15.9 Å². The molecule has 102 valence electrons. The topological polar surface area (TPSA) is 101 Å². The Balaban J connectivity index is 2.93. The van der Waals surface area contributed by atoms with Crippen LogP contribution < -0.4 is 5.73 Å². The minimum absolute atomic E-state index is 0.0373. The molecule has 0 heterocycles. The van der Waals surface area contributed by atoms with Crippen molar-refractivity contribution in [3.63, 3.8) is 0 Å². The fourth-order valence-corrected chi connectivity index (χ4v) is 2.92. The number of hydrogen-bond acceptors (Lipinski definition) is 4. The number of nitrogens with two attached hydrogens (primary N) is 1. The monoisotopic (exact) mass is 281 g/mol. The maximum Gasteiger partial charge on any atom is 0.269 e. The van der Waals surface area contributed by atoms with Crippen molar-refractivity contribution in [1.82, 2.24) is 0 Å². The molecule has 2 aromatic rings. The highest BCUT2D eigenvalue weighted by Crippen LogP contribution is 2.37. The summed E-state index contributed by atoms with van der Waals surface area (Å²) >= 11 is 0. The van der Waals surface area contributed by atoms with Crippen LogP contribution in [0.25, 0.3) is 10.8 Å². The van der Waals surface area contributed by atoms with Crippen LogP contribution in [0.2, 0.25) is 0 Å². The van der Waals surface area contributed by atoms with E-state index in [0.29, 0.717) is 27.6 Å². The molecule has 0 fully saturated rings. The second-order valence-corrected chi connectivity index (χ2v) is 6.10. The molecule has 0 aliphatic heterocycles. The molecule has 0 radical (unpaired) electrons. The molecule has 0 spiro atoms. The number of benzene rings is 2. The SMILES string of the molecule is Cc1cc(CS(=O)(=O)O)c2c(C)ccc(N)c2c1O. The normalized spacial score (nSPS) is 11.9. The van der Waals surface area contributed by atoms with Gasteiger partial charge in [0.2, 0.25) is 0 Å². The number of rotatable bonds is 2. The molecule has 0 saturated carbocycles. The number of nitrogen functional groups attached to an aromatic ring is 1. The molecule has 6 heteroatoms. The quantitative estimate of drug-likeness (QED) is 0.578. The maximum atomic E-state index is 11.1. The maximum absolute atomic E-state index is 11.1. The van der Waals surface area contributed by atoms with Gasteiger partial charge in [-0.1, -0.05) is 12.1 Å². The summed E-state index contributed by atoms with van der Waals surface area (Å²) in [7, 11) is -4.15. The van der Waals surface area contributed by atoms with Crippen LogP contribution >= 0.6 is 0 Å². The summed E-state index contributed by atoms with van der Waals surface area (Å²) in [4.78, 5) is 0. The summed E-state index contributed by atoms with van der Waals surface area (Å²) in [5, 5.41) is 11.1. The van der Waals surface area contributed by atoms with Gasteiger partial charge in [0.25, 0.3) is 10.1 Å². The number of aryl methyl sites for hydroxylation is 2. The molecule has 0 aromatic heterocycles. The highest BCUT2D eigenvalue weighted by molar-refractivity contribution is 7.85. The first-order valence-corrected chi connectivity index (χ1v) is 7.27. The Morgan fingerprint density at radius 3 is 2.37 bits per heavy atom. The third-order valence-corrected chi connectivity index (χ3v) is 3.78. The summed E-state index contributed by atoms with van der Waals surface area (Å²) < 4.78 is 31.2. The van der Waals surface area contributed by atoms with E-state index >= 15 is 0 Å². The Kier molecular flexibility index (Phi) is 3.15. The van der Waals surface area contributed by atoms with Gasteiger partial charge in [0, 0.05) is 11.1 Å². The van der Waals surface area contributed by atoms with Gasteiger partial charge in [0.05, 0.1) is 0 Å². The molecular formula is C13H15NO4S. The Labute approximate surface area is 111 Å². The van der Waals surface area contributed by atoms with Crippen LogP contribution in [0, 0.1) is 13.8 Å². The third-order valence-electron chi connectivity index (χ3n) is 3.11. The van der Waals surface area contributed by atoms with Crippen LogP contribution in [0.4, 0.5) is 5.69 Å². The smallest absolute Gasteiger partial charge is 0.269 e. The lowest BCUT2D eigenvalue weighted by atomic mass is 9.96. The predicted octanol–water partition coefficient (Wildman–Crippen LogP) is 2.13. The summed E-state index contributed by atoms with van der Waals surface area (Å²) in [6.45, 7) is 3.45. The van der Waals surface area contributed by atoms with Crippen molar-refractivity contribution < 1.29 is 18.1 Å². The largest absolute Gasteiger partial charge is 0.507 e. The minimum atomic E-state index is -4.15. The summed E-state index contributed by atoms with van der Waals surface area (Å²) in [6, 6.07) is 4.96. The van der Waals surface area contributed by atoms with Crippen LogP contribution in [0.3, 0.4) is 0 Å². The van der Waals surface area contributed by atoms with Crippen LogP contribution in [0.15, 0.2) is 18.2 Å². The first-order chi connectivity index (χ1) is 8.70. The molecule has 0 unspecified atom stereocenters. The van der Waals surface area contributed by atoms with Gasteiger partial charge in [-0.25, -0.2) is 0 Å². The average Bonchev–Trinajstić information content (AvgIpc) is 2.26. The van der Waals surface area contributed by atoms with E-state index in [1.54, 1.807) is 32.0 Å². The van der Waals surface area contributed by atoms with Gasteiger partial charge in [-0.15, -0.1) is 0 Å². The number of anilines is 1. The van der Waals surface area contributed by atoms with Crippen molar-refractivity contribution in [2.75, 3.05) is 5.73 Å². The van der Waals surface area contributed by atoms with Crippen LogP contribution in [-0.4, -0.2) is 18.1 Å². The van der Waals surface area contributed by atoms with Gasteiger partial charge in [-0.2, -0.15) is 8.42 Å². The van der Waals surface area contributed by atoms with Crippen molar-refractivity contribution in [2.24, 2.45) is 0 Å². The Morgan fingerprint density at radius 1 is 1.16 bits per heavy atom. The van der Waals surface area contributed by atoms with Gasteiger partial charge in [-0.05, 0) is 42.0 Å². The second-order valence-electron chi connectivity index (χ2n) is 4.65. The molecule has 0 atom stereocenters. The van der Waals surface area contributed by atoms with E-state index < -0.39 is 15.9 Å². The van der Waals surface area contributed by atoms with E-state index in [9.17, 15) is 13.5 Å². The molecular weight excluding hydrogens is 266 g/mol. The predicted molar refractivity (Wildman–Crippen MR) is 74.8 cm³/mol. The van der Waals surface area contributed by atoms with Gasteiger partial charge in [0.1, 0.15) is 11.5 Å². The first kappa shape index (κ1) is 13.6. The molecule has 0 aliphatic carbocycles. The summed E-state index contributed by atoms with van der Waals surface area (Å²) in [5.41, 5.74) is 7.96. The molecule has 4 N–H and O–H groups in total.